The molecule has 0 N–H and O–H groups in total. The van der Waals surface area contributed by atoms with E-state index >= 15 is 0 Å². The maximum atomic E-state index is 12.2. The van der Waals surface area contributed by atoms with Crippen molar-refractivity contribution in [3.8, 4) is 0 Å². The minimum atomic E-state index is -0.470. The first-order valence-corrected chi connectivity index (χ1v) is 9.40. The monoisotopic (exact) mass is 461 g/mol. The number of fused-ring (bicyclic) bond motifs is 1. The first-order chi connectivity index (χ1) is 11.2. The molecule has 1 aliphatic carbocycles. The zero-order valence-corrected chi connectivity index (χ0v) is 17.1. The van der Waals surface area contributed by atoms with Gasteiger partial charge in [-0.05, 0) is 68.3 Å². The molecule has 0 spiro atoms. The second kappa shape index (κ2) is 6.37. The molecular weight excluding hydrogens is 441 g/mol. The van der Waals surface area contributed by atoms with Gasteiger partial charge >= 0.3 is 6.09 Å². The fraction of sp³-hybridized carbons (Fsp3) is 0.529. The van der Waals surface area contributed by atoms with Crippen molar-refractivity contribution >= 4 is 51.3 Å². The molecule has 0 bridgehead atoms. The molecule has 0 unspecified atom stereocenters. The van der Waals surface area contributed by atoms with Gasteiger partial charge in [-0.2, -0.15) is 0 Å². The quantitative estimate of drug-likeness (QED) is 0.474. The molecule has 1 aliphatic rings. The Morgan fingerprint density at radius 3 is 2.71 bits per heavy atom. The lowest BCUT2D eigenvalue weighted by molar-refractivity contribution is 0.00809. The Labute approximate surface area is 160 Å². The van der Waals surface area contributed by atoms with E-state index in [0.29, 0.717) is 11.2 Å². The number of ether oxygens (including phenoxy) is 1. The summed E-state index contributed by atoms with van der Waals surface area (Å²) in [6, 6.07) is 4.35. The van der Waals surface area contributed by atoms with E-state index < -0.39 is 5.60 Å². The van der Waals surface area contributed by atoms with Crippen molar-refractivity contribution in [2.45, 2.75) is 51.3 Å². The highest BCUT2D eigenvalue weighted by Crippen LogP contribution is 2.39. The van der Waals surface area contributed by atoms with Crippen molar-refractivity contribution in [1.82, 2.24) is 14.5 Å². The number of hydrogen-bond donors (Lipinski definition) is 0. The molecule has 0 aromatic carbocycles. The van der Waals surface area contributed by atoms with Crippen molar-refractivity contribution in [2.75, 3.05) is 7.05 Å². The summed E-state index contributed by atoms with van der Waals surface area (Å²) in [5, 5.41) is 1.61. The van der Waals surface area contributed by atoms with Gasteiger partial charge in [0.15, 0.2) is 0 Å². The number of nitrogens with zero attached hydrogens (tertiary/aromatic N) is 3. The van der Waals surface area contributed by atoms with Crippen molar-refractivity contribution in [3.05, 3.63) is 27.1 Å². The molecule has 1 amide bonds. The minimum absolute atomic E-state index is 0.194. The first kappa shape index (κ1) is 17.8. The second-order valence-electron chi connectivity index (χ2n) is 7.26. The van der Waals surface area contributed by atoms with Gasteiger partial charge in [-0.15, -0.1) is 0 Å². The molecule has 0 radical (unpaired) electrons. The van der Waals surface area contributed by atoms with Crippen LogP contribution in [-0.4, -0.2) is 39.2 Å². The second-order valence-corrected chi connectivity index (χ2v) is 8.81. The Bertz CT molecular complexity index is 778. The molecule has 0 saturated heterocycles. The number of rotatable bonds is 2. The Hall–Kier alpha value is -1.02. The van der Waals surface area contributed by atoms with Crippen molar-refractivity contribution in [2.24, 2.45) is 0 Å². The molecule has 24 heavy (non-hydrogen) atoms. The third-order valence-corrected chi connectivity index (χ3v) is 5.38. The van der Waals surface area contributed by atoms with Crippen LogP contribution in [0.15, 0.2) is 18.3 Å². The summed E-state index contributed by atoms with van der Waals surface area (Å²) < 4.78 is 8.78. The lowest BCUT2D eigenvalue weighted by atomic mass is 9.85. The van der Waals surface area contributed by atoms with Crippen LogP contribution in [0.2, 0.25) is 5.15 Å². The van der Waals surface area contributed by atoms with Gasteiger partial charge in [0.05, 0.1) is 0 Å². The Morgan fingerprint density at radius 2 is 2.08 bits per heavy atom. The topological polar surface area (TPSA) is 47.4 Å². The largest absolute Gasteiger partial charge is 0.444 e. The zero-order chi connectivity index (χ0) is 17.6. The van der Waals surface area contributed by atoms with Crippen molar-refractivity contribution in [1.29, 1.82) is 0 Å². The smallest absolute Gasteiger partial charge is 0.410 e. The molecule has 1 fully saturated rings. The third kappa shape index (κ3) is 3.49. The maximum Gasteiger partial charge on any atom is 0.410 e. The lowest BCUT2D eigenvalue weighted by Crippen LogP contribution is -2.47. The Morgan fingerprint density at radius 1 is 1.42 bits per heavy atom. The Kier molecular flexibility index (Phi) is 4.72. The number of carbonyl (C=O) groups is 1. The van der Waals surface area contributed by atoms with E-state index in [2.05, 4.69) is 38.3 Å². The maximum absolute atomic E-state index is 12.2. The molecular formula is C17H21ClIN3O2. The average molecular weight is 462 g/mol. The standard InChI is InChI=1S/C17H21ClIN3O2/c1-17(2,3)24-16(23)21(4)10-7-11(8-10)22-9-13(19)12-5-6-14(18)20-15(12)22/h5-6,9-11H,7-8H2,1-4H3/t10-,11-. The fourth-order valence-electron chi connectivity index (χ4n) is 2.93. The molecule has 7 heteroatoms. The van der Waals surface area contributed by atoms with Gasteiger partial charge < -0.3 is 14.2 Å². The number of hydrogen-bond acceptors (Lipinski definition) is 3. The van der Waals surface area contributed by atoms with Gasteiger partial charge in [0.1, 0.15) is 16.4 Å². The van der Waals surface area contributed by atoms with Crippen LogP contribution in [0.3, 0.4) is 0 Å². The van der Waals surface area contributed by atoms with Crippen LogP contribution in [0.1, 0.15) is 39.7 Å². The average Bonchev–Trinajstić information content (AvgIpc) is 2.72. The van der Waals surface area contributed by atoms with Crippen LogP contribution in [0, 0.1) is 3.57 Å². The highest BCUT2D eigenvalue weighted by atomic mass is 127. The highest BCUT2D eigenvalue weighted by molar-refractivity contribution is 14.1. The van der Waals surface area contributed by atoms with Crippen LogP contribution < -0.4 is 0 Å². The number of aromatic nitrogens is 2. The van der Waals surface area contributed by atoms with E-state index in [0.717, 1.165) is 27.4 Å². The molecule has 3 rings (SSSR count). The molecule has 2 aromatic rings. The van der Waals surface area contributed by atoms with Gasteiger partial charge in [-0.25, -0.2) is 9.78 Å². The number of carbonyl (C=O) groups excluding carboxylic acids is 1. The van der Waals surface area contributed by atoms with E-state index in [1.807, 2.05) is 40.0 Å². The molecule has 1 saturated carbocycles. The van der Waals surface area contributed by atoms with Gasteiger partial charge in [0.25, 0.3) is 0 Å². The number of amides is 1. The fourth-order valence-corrected chi connectivity index (χ4v) is 3.79. The molecule has 2 aromatic heterocycles. The summed E-state index contributed by atoms with van der Waals surface area (Å²) >= 11 is 8.37. The van der Waals surface area contributed by atoms with Crippen molar-refractivity contribution < 1.29 is 9.53 Å². The van der Waals surface area contributed by atoms with Crippen molar-refractivity contribution in [3.63, 3.8) is 0 Å². The van der Waals surface area contributed by atoms with E-state index in [4.69, 9.17) is 16.3 Å². The van der Waals surface area contributed by atoms with Gasteiger partial charge in [0.2, 0.25) is 0 Å². The number of halogens is 2. The van der Waals surface area contributed by atoms with E-state index in [9.17, 15) is 4.79 Å². The SMILES string of the molecule is CN(C(=O)OC(C)(C)C)[C@H]1C[C@H](n2cc(I)c3ccc(Cl)nc32)C1. The molecule has 2 heterocycles. The summed E-state index contributed by atoms with van der Waals surface area (Å²) in [5.74, 6) is 0. The minimum Gasteiger partial charge on any atom is -0.444 e. The zero-order valence-electron chi connectivity index (χ0n) is 14.2. The van der Waals surface area contributed by atoms with E-state index in [1.165, 1.54) is 0 Å². The van der Waals surface area contributed by atoms with E-state index in [-0.39, 0.29) is 12.1 Å². The summed E-state index contributed by atoms with van der Waals surface area (Å²) in [6.07, 6.45) is 3.63. The highest BCUT2D eigenvalue weighted by Gasteiger charge is 2.37. The van der Waals surface area contributed by atoms with Crippen LogP contribution in [0.25, 0.3) is 11.0 Å². The van der Waals surface area contributed by atoms with Crippen LogP contribution in [0.4, 0.5) is 4.79 Å². The summed E-state index contributed by atoms with van der Waals surface area (Å²) in [6.45, 7) is 5.64. The van der Waals surface area contributed by atoms with E-state index in [1.54, 1.807) is 4.90 Å². The Balaban J connectivity index is 1.71. The third-order valence-electron chi connectivity index (χ3n) is 4.31. The van der Waals surface area contributed by atoms with Crippen LogP contribution in [-0.2, 0) is 4.74 Å². The predicted octanol–water partition coefficient (Wildman–Crippen LogP) is 4.86. The van der Waals surface area contributed by atoms with Crippen LogP contribution >= 0.6 is 34.2 Å². The van der Waals surface area contributed by atoms with Gasteiger partial charge in [-0.3, -0.25) is 0 Å². The predicted molar refractivity (Wildman–Crippen MR) is 104 cm³/mol. The normalized spacial score (nSPS) is 20.8. The summed E-state index contributed by atoms with van der Waals surface area (Å²) in [7, 11) is 1.81. The van der Waals surface area contributed by atoms with Gasteiger partial charge in [-0.1, -0.05) is 11.6 Å². The lowest BCUT2D eigenvalue weighted by Gasteiger charge is -2.42. The van der Waals surface area contributed by atoms with Gasteiger partial charge in [0, 0.05) is 34.3 Å². The molecule has 0 aliphatic heterocycles. The number of pyridine rings is 1. The molecule has 130 valence electrons. The van der Waals surface area contributed by atoms with Crippen LogP contribution in [0.5, 0.6) is 0 Å². The summed E-state index contributed by atoms with van der Waals surface area (Å²) in [5.41, 5.74) is 0.442. The first-order valence-electron chi connectivity index (χ1n) is 7.94. The molecule has 0 atom stereocenters. The molecule has 5 nitrogen and oxygen atoms in total. The summed E-state index contributed by atoms with van der Waals surface area (Å²) in [4.78, 5) is 18.3.